The lowest BCUT2D eigenvalue weighted by Gasteiger charge is -2.51. The highest BCUT2D eigenvalue weighted by Crippen LogP contribution is 2.51. The van der Waals surface area contributed by atoms with E-state index in [1.54, 1.807) is 11.1 Å². The molecule has 11 nitrogen and oxygen atoms in total. The predicted octanol–water partition coefficient (Wildman–Crippen LogP) is 4.12. The number of carbonyl (C=O) groups excluding carboxylic acids is 3. The maximum absolute atomic E-state index is 15.9. The molecule has 4 aliphatic rings. The first-order valence-electron chi connectivity index (χ1n) is 14.9. The fourth-order valence-electron chi connectivity index (χ4n) is 6.81. The summed E-state index contributed by atoms with van der Waals surface area (Å²) in [5.74, 6) is -3.28. The van der Waals surface area contributed by atoms with Gasteiger partial charge in [0.2, 0.25) is 17.1 Å². The van der Waals surface area contributed by atoms with E-state index in [2.05, 4.69) is 0 Å². The van der Waals surface area contributed by atoms with Crippen molar-refractivity contribution in [3.8, 4) is 27.3 Å². The van der Waals surface area contributed by atoms with Gasteiger partial charge in [-0.2, -0.15) is 0 Å². The Morgan fingerprint density at radius 3 is 2.62 bits per heavy atom. The third kappa shape index (κ3) is 4.53. The maximum atomic E-state index is 15.9. The Labute approximate surface area is 270 Å². The van der Waals surface area contributed by atoms with Crippen molar-refractivity contribution in [1.29, 1.82) is 0 Å². The SMILES string of the molecule is CC(=O)N1CC(OC(=O)Oc2c3n(ccc2=O)N([C@@H]2c4ccccc4-c4sccc4-c4c2ccc(F)c4F)[C@@H]2COCCN2C3=O)C1. The largest absolute Gasteiger partial charge is 0.514 e. The van der Waals surface area contributed by atoms with E-state index in [4.69, 9.17) is 14.2 Å². The van der Waals surface area contributed by atoms with Crippen molar-refractivity contribution in [3.63, 3.8) is 0 Å². The summed E-state index contributed by atoms with van der Waals surface area (Å²) >= 11 is 1.40. The van der Waals surface area contributed by atoms with Crippen molar-refractivity contribution in [2.24, 2.45) is 0 Å². The lowest BCUT2D eigenvalue weighted by molar-refractivity contribution is -0.139. The highest BCUT2D eigenvalue weighted by Gasteiger charge is 2.47. The number of benzene rings is 2. The first-order chi connectivity index (χ1) is 22.7. The Morgan fingerprint density at radius 1 is 1.00 bits per heavy atom. The summed E-state index contributed by atoms with van der Waals surface area (Å²) in [6.07, 6.45) is -1.16. The molecule has 2 atom stereocenters. The van der Waals surface area contributed by atoms with Crippen LogP contribution in [0.25, 0.3) is 21.6 Å². The Morgan fingerprint density at radius 2 is 1.81 bits per heavy atom. The molecule has 0 bridgehead atoms. The summed E-state index contributed by atoms with van der Waals surface area (Å²) in [5, 5.41) is 3.62. The molecule has 8 rings (SSSR count). The second kappa shape index (κ2) is 11.0. The summed E-state index contributed by atoms with van der Waals surface area (Å²) in [6.45, 7) is 2.21. The molecule has 2 saturated heterocycles. The zero-order valence-corrected chi connectivity index (χ0v) is 25.7. The molecule has 240 valence electrons. The normalized spacial score (nSPS) is 19.8. The van der Waals surface area contributed by atoms with Crippen molar-refractivity contribution in [2.75, 3.05) is 37.9 Å². The summed E-state index contributed by atoms with van der Waals surface area (Å²) in [4.78, 5) is 55.6. The molecule has 2 aromatic carbocycles. The van der Waals surface area contributed by atoms with E-state index < -0.39 is 53.2 Å². The van der Waals surface area contributed by atoms with Crippen molar-refractivity contribution < 1.29 is 37.4 Å². The van der Waals surface area contributed by atoms with Crippen LogP contribution < -0.4 is 15.2 Å². The fraction of sp³-hybridized carbons (Fsp3) is 0.273. The monoisotopic (exact) mass is 660 g/mol. The molecule has 0 unspecified atom stereocenters. The highest BCUT2D eigenvalue weighted by molar-refractivity contribution is 7.14. The average molecular weight is 661 g/mol. The lowest BCUT2D eigenvalue weighted by Crippen LogP contribution is -2.66. The van der Waals surface area contributed by atoms with Crippen LogP contribution in [0.1, 0.15) is 34.6 Å². The average Bonchev–Trinajstić information content (AvgIpc) is 3.48. The molecule has 2 fully saturated rings. The van der Waals surface area contributed by atoms with Crippen molar-refractivity contribution in [1.82, 2.24) is 14.5 Å². The minimum Gasteiger partial charge on any atom is -0.427 e. The van der Waals surface area contributed by atoms with Gasteiger partial charge in [-0.3, -0.25) is 24.1 Å². The maximum Gasteiger partial charge on any atom is 0.514 e. The quantitative estimate of drug-likeness (QED) is 0.302. The van der Waals surface area contributed by atoms with Gasteiger partial charge in [0.25, 0.3) is 5.91 Å². The van der Waals surface area contributed by atoms with Gasteiger partial charge in [-0.25, -0.2) is 13.6 Å². The van der Waals surface area contributed by atoms with E-state index in [-0.39, 0.29) is 50.0 Å². The van der Waals surface area contributed by atoms with Crippen molar-refractivity contribution >= 4 is 29.3 Å². The Hall–Kier alpha value is -5.08. The second-order valence-corrected chi connectivity index (χ2v) is 12.5. The Bertz CT molecular complexity index is 2040. The number of likely N-dealkylation sites (tertiary alicyclic amines) is 1. The first-order valence-corrected chi connectivity index (χ1v) is 15.8. The van der Waals surface area contributed by atoms with Crippen molar-refractivity contribution in [3.05, 3.63) is 98.8 Å². The first kappa shape index (κ1) is 29.3. The van der Waals surface area contributed by atoms with Gasteiger partial charge in [0, 0.05) is 41.7 Å². The van der Waals surface area contributed by atoms with Crippen LogP contribution in [-0.2, 0) is 14.3 Å². The van der Waals surface area contributed by atoms with Gasteiger partial charge in [0.15, 0.2) is 17.3 Å². The van der Waals surface area contributed by atoms with E-state index in [1.165, 1.54) is 45.0 Å². The number of aromatic nitrogens is 1. The second-order valence-electron chi connectivity index (χ2n) is 11.6. The molecule has 0 saturated carbocycles. The molecule has 5 heterocycles. The molecule has 2 aromatic heterocycles. The topological polar surface area (TPSA) is 111 Å². The van der Waals surface area contributed by atoms with E-state index in [1.807, 2.05) is 29.6 Å². The summed E-state index contributed by atoms with van der Waals surface area (Å²) in [6, 6.07) is 12.2. The molecule has 47 heavy (non-hydrogen) atoms. The molecule has 0 radical (unpaired) electrons. The van der Waals surface area contributed by atoms with Crippen LogP contribution in [0, 0.1) is 11.6 Å². The highest BCUT2D eigenvalue weighted by atomic mass is 32.1. The van der Waals surface area contributed by atoms with Crippen molar-refractivity contribution in [2.45, 2.75) is 25.2 Å². The molecule has 0 N–H and O–H groups in total. The summed E-state index contributed by atoms with van der Waals surface area (Å²) < 4.78 is 48.9. The molecular formula is C33H26F2N4O7S. The standard InChI is InChI=1S/C33H26F2N4O7S/c1-17(40)36-14-18(15-36)45-33(43)46-30-24(41)8-10-38-29(30)32(42)37-11-12-44-16-25(37)39(38)28-19-4-2-3-5-20(19)31-22(9-13-47-31)26-21(28)6-7-23(34)27(26)35/h2-10,13,18,25,28H,11-12,14-16H2,1H3/t25-,28-/m1/s1. The number of hydrogen-bond donors (Lipinski definition) is 0. The fourth-order valence-corrected chi connectivity index (χ4v) is 7.76. The number of nitrogens with zero attached hydrogens (tertiary/aromatic N) is 4. The molecule has 14 heteroatoms. The van der Waals surface area contributed by atoms with Gasteiger partial charge in [0.1, 0.15) is 12.3 Å². The van der Waals surface area contributed by atoms with Gasteiger partial charge in [-0.05, 0) is 34.2 Å². The number of hydrogen-bond acceptors (Lipinski definition) is 9. The van der Waals surface area contributed by atoms with Crippen LogP contribution in [0.2, 0.25) is 0 Å². The summed E-state index contributed by atoms with van der Waals surface area (Å²) in [7, 11) is 0. The van der Waals surface area contributed by atoms with Crippen LogP contribution in [0.3, 0.4) is 0 Å². The minimum atomic E-state index is -1.19. The number of amides is 2. The molecule has 3 aliphatic heterocycles. The number of halogens is 2. The molecule has 4 aromatic rings. The smallest absolute Gasteiger partial charge is 0.427 e. The van der Waals surface area contributed by atoms with Crippen LogP contribution in [-0.4, -0.2) is 77.6 Å². The van der Waals surface area contributed by atoms with Crippen LogP contribution in [0.15, 0.2) is 64.9 Å². The van der Waals surface area contributed by atoms with Crippen LogP contribution in [0.4, 0.5) is 13.6 Å². The van der Waals surface area contributed by atoms with E-state index >= 15 is 4.39 Å². The molecule has 1 aliphatic carbocycles. The number of thiophene rings is 1. The third-order valence-corrected chi connectivity index (χ3v) is 9.97. The molecule has 2 amide bonds. The van der Waals surface area contributed by atoms with Crippen LogP contribution >= 0.6 is 11.3 Å². The van der Waals surface area contributed by atoms with E-state index in [9.17, 15) is 23.6 Å². The van der Waals surface area contributed by atoms with Gasteiger partial charge in [-0.15, -0.1) is 11.3 Å². The number of fused-ring (bicyclic) bond motifs is 7. The number of ether oxygens (including phenoxy) is 3. The van der Waals surface area contributed by atoms with Crippen LogP contribution in [0.5, 0.6) is 5.75 Å². The van der Waals surface area contributed by atoms with E-state index in [0.29, 0.717) is 11.1 Å². The number of morpholine rings is 1. The Kier molecular flexibility index (Phi) is 6.88. The van der Waals surface area contributed by atoms with E-state index in [0.717, 1.165) is 28.1 Å². The third-order valence-electron chi connectivity index (χ3n) is 9.02. The zero-order chi connectivity index (χ0) is 32.6. The number of rotatable bonds is 3. The van der Waals surface area contributed by atoms with Gasteiger partial charge in [-0.1, -0.05) is 30.3 Å². The molecular weight excluding hydrogens is 634 g/mol. The minimum absolute atomic E-state index is 0.0728. The number of carbonyl (C=O) groups is 3. The number of pyridine rings is 1. The van der Waals surface area contributed by atoms with Gasteiger partial charge in [0.05, 0.1) is 32.3 Å². The predicted molar refractivity (Wildman–Crippen MR) is 165 cm³/mol. The summed E-state index contributed by atoms with van der Waals surface area (Å²) in [5.41, 5.74) is 1.63. The molecule has 0 spiro atoms. The lowest BCUT2D eigenvalue weighted by atomic mass is 9.92. The Balaban J connectivity index is 1.30. The van der Waals surface area contributed by atoms with Gasteiger partial charge >= 0.3 is 6.16 Å². The zero-order valence-electron chi connectivity index (χ0n) is 24.9. The van der Waals surface area contributed by atoms with Gasteiger partial charge < -0.3 is 24.0 Å².